The van der Waals surface area contributed by atoms with Gasteiger partial charge in [-0.25, -0.2) is 4.79 Å². The fraction of sp³-hybridized carbons (Fsp3) is 0.368. The molecule has 0 saturated carbocycles. The second-order valence-electron chi connectivity index (χ2n) is 6.56. The van der Waals surface area contributed by atoms with Gasteiger partial charge in [-0.15, -0.1) is 0 Å². The molecule has 2 amide bonds. The molecule has 5 nitrogen and oxygen atoms in total. The lowest BCUT2D eigenvalue weighted by atomic mass is 10.1. The van der Waals surface area contributed by atoms with E-state index >= 15 is 0 Å². The summed E-state index contributed by atoms with van der Waals surface area (Å²) in [4.78, 5) is 23.6. The van der Waals surface area contributed by atoms with Crippen LogP contribution in [0.2, 0.25) is 0 Å². The van der Waals surface area contributed by atoms with E-state index in [1.165, 1.54) is 11.8 Å². The van der Waals surface area contributed by atoms with E-state index in [-0.39, 0.29) is 5.91 Å². The van der Waals surface area contributed by atoms with Crippen molar-refractivity contribution in [2.45, 2.75) is 26.4 Å². The molecule has 0 aliphatic heterocycles. The van der Waals surface area contributed by atoms with Gasteiger partial charge in [0.15, 0.2) is 0 Å². The van der Waals surface area contributed by atoms with Crippen molar-refractivity contribution >= 4 is 40.2 Å². The molecule has 0 saturated heterocycles. The fourth-order valence-corrected chi connectivity index (χ4v) is 2.87. The Morgan fingerprint density at radius 3 is 2.56 bits per heavy atom. The molecule has 0 unspecified atom stereocenters. The maximum absolute atomic E-state index is 12.1. The van der Waals surface area contributed by atoms with Crippen LogP contribution < -0.4 is 10.6 Å². The lowest BCUT2D eigenvalue weighted by molar-refractivity contribution is -0.113. The van der Waals surface area contributed by atoms with Gasteiger partial charge in [-0.2, -0.15) is 11.8 Å². The van der Waals surface area contributed by atoms with Crippen molar-refractivity contribution in [2.75, 3.05) is 23.4 Å². The highest BCUT2D eigenvalue weighted by Gasteiger charge is 2.15. The average molecular weight is 360 g/mol. The van der Waals surface area contributed by atoms with E-state index in [0.29, 0.717) is 18.1 Å². The molecule has 0 fully saturated rings. The number of carbonyl (C=O) groups excluding carboxylic acids is 2. The van der Waals surface area contributed by atoms with E-state index < -0.39 is 11.7 Å². The first kappa shape index (κ1) is 19.1. The minimum atomic E-state index is -0.504. The molecular formula is C19H24N2O3S. The van der Waals surface area contributed by atoms with Gasteiger partial charge in [0.25, 0.3) is 0 Å². The fourth-order valence-electron chi connectivity index (χ4n) is 2.23. The number of benzene rings is 2. The van der Waals surface area contributed by atoms with E-state index in [9.17, 15) is 9.59 Å². The standard InChI is InChI=1S/C19H24N2O3S/c1-19(2,3)24-18(23)20-11-12-25-13-17(22)21-16-10-6-8-14-7-4-5-9-15(14)16/h4-10H,11-13H2,1-3H3,(H,20,23)(H,21,22). The number of ether oxygens (including phenoxy) is 1. The van der Waals surface area contributed by atoms with Crippen LogP contribution in [-0.2, 0) is 9.53 Å². The number of anilines is 1. The average Bonchev–Trinajstić information content (AvgIpc) is 2.53. The van der Waals surface area contributed by atoms with Gasteiger partial charge in [0.1, 0.15) is 5.60 Å². The largest absolute Gasteiger partial charge is 0.444 e. The van der Waals surface area contributed by atoms with Crippen LogP contribution >= 0.6 is 11.8 Å². The molecule has 6 heteroatoms. The lowest BCUT2D eigenvalue weighted by Crippen LogP contribution is -2.33. The predicted octanol–water partition coefficient (Wildman–Crippen LogP) is 4.04. The summed E-state index contributed by atoms with van der Waals surface area (Å²) < 4.78 is 5.15. The molecule has 0 bridgehead atoms. The maximum atomic E-state index is 12.1. The van der Waals surface area contributed by atoms with Gasteiger partial charge in [-0.3, -0.25) is 4.79 Å². The normalized spacial score (nSPS) is 11.2. The summed E-state index contributed by atoms with van der Waals surface area (Å²) in [5, 5.41) is 7.73. The Morgan fingerprint density at radius 2 is 1.80 bits per heavy atom. The zero-order chi connectivity index (χ0) is 18.3. The Bertz CT molecular complexity index is 736. The summed E-state index contributed by atoms with van der Waals surface area (Å²) >= 11 is 1.46. The first-order valence-corrected chi connectivity index (χ1v) is 9.33. The molecule has 25 heavy (non-hydrogen) atoms. The SMILES string of the molecule is CC(C)(C)OC(=O)NCCSCC(=O)Nc1cccc2ccccc12. The number of alkyl carbamates (subject to hydrolysis) is 1. The molecule has 2 rings (SSSR count). The highest BCUT2D eigenvalue weighted by atomic mass is 32.2. The maximum Gasteiger partial charge on any atom is 0.407 e. The van der Waals surface area contributed by atoms with Crippen LogP contribution in [0.15, 0.2) is 42.5 Å². The molecule has 0 radical (unpaired) electrons. The van der Waals surface area contributed by atoms with E-state index in [1.807, 2.05) is 63.2 Å². The lowest BCUT2D eigenvalue weighted by Gasteiger charge is -2.19. The third-order valence-corrected chi connectivity index (χ3v) is 4.17. The minimum absolute atomic E-state index is 0.0568. The van der Waals surface area contributed by atoms with Crippen LogP contribution in [0.25, 0.3) is 10.8 Å². The highest BCUT2D eigenvalue weighted by Crippen LogP contribution is 2.23. The van der Waals surface area contributed by atoms with Gasteiger partial charge >= 0.3 is 6.09 Å². The van der Waals surface area contributed by atoms with Crippen LogP contribution in [0.4, 0.5) is 10.5 Å². The smallest absolute Gasteiger partial charge is 0.407 e. The van der Waals surface area contributed by atoms with Crippen molar-refractivity contribution < 1.29 is 14.3 Å². The highest BCUT2D eigenvalue weighted by molar-refractivity contribution is 7.99. The topological polar surface area (TPSA) is 67.4 Å². The molecule has 0 aliphatic rings. The Balaban J connectivity index is 1.72. The predicted molar refractivity (Wildman–Crippen MR) is 104 cm³/mol. The van der Waals surface area contributed by atoms with Crippen molar-refractivity contribution in [1.82, 2.24) is 5.32 Å². The van der Waals surface area contributed by atoms with Gasteiger partial charge in [-0.1, -0.05) is 36.4 Å². The van der Waals surface area contributed by atoms with E-state index in [2.05, 4.69) is 10.6 Å². The molecule has 0 aliphatic carbocycles. The summed E-state index contributed by atoms with van der Waals surface area (Å²) in [6.07, 6.45) is -0.437. The second-order valence-corrected chi connectivity index (χ2v) is 7.66. The van der Waals surface area contributed by atoms with Gasteiger partial charge in [-0.05, 0) is 32.2 Å². The van der Waals surface area contributed by atoms with Crippen molar-refractivity contribution in [2.24, 2.45) is 0 Å². The van der Waals surface area contributed by atoms with Crippen molar-refractivity contribution in [3.8, 4) is 0 Å². The van der Waals surface area contributed by atoms with Crippen molar-refractivity contribution in [3.05, 3.63) is 42.5 Å². The first-order chi connectivity index (χ1) is 11.8. The van der Waals surface area contributed by atoms with Crippen molar-refractivity contribution in [1.29, 1.82) is 0 Å². The number of hydrogen-bond acceptors (Lipinski definition) is 4. The number of nitrogens with one attached hydrogen (secondary N) is 2. The zero-order valence-corrected chi connectivity index (χ0v) is 15.6. The third kappa shape index (κ3) is 6.66. The summed E-state index contributed by atoms with van der Waals surface area (Å²) in [7, 11) is 0. The number of amides is 2. The number of hydrogen-bond donors (Lipinski definition) is 2. The third-order valence-electron chi connectivity index (χ3n) is 3.21. The van der Waals surface area contributed by atoms with Gasteiger partial charge in [0, 0.05) is 23.4 Å². The van der Waals surface area contributed by atoms with E-state index in [4.69, 9.17) is 4.74 Å². The van der Waals surface area contributed by atoms with Gasteiger partial charge in [0.05, 0.1) is 5.75 Å². The summed E-state index contributed by atoms with van der Waals surface area (Å²) in [5.74, 6) is 0.917. The Hall–Kier alpha value is -2.21. The molecule has 0 spiro atoms. The molecule has 2 N–H and O–H groups in total. The van der Waals surface area contributed by atoms with E-state index in [0.717, 1.165) is 16.5 Å². The summed E-state index contributed by atoms with van der Waals surface area (Å²) in [6, 6.07) is 13.8. The first-order valence-electron chi connectivity index (χ1n) is 8.17. The monoisotopic (exact) mass is 360 g/mol. The van der Waals surface area contributed by atoms with Crippen LogP contribution in [-0.4, -0.2) is 35.7 Å². The molecule has 2 aromatic rings. The molecule has 0 atom stereocenters. The molecular weight excluding hydrogens is 336 g/mol. The Morgan fingerprint density at radius 1 is 1.08 bits per heavy atom. The second kappa shape index (κ2) is 8.76. The Labute approximate surface area is 152 Å². The van der Waals surface area contributed by atoms with Crippen LogP contribution in [0.1, 0.15) is 20.8 Å². The number of carbonyl (C=O) groups is 2. The van der Waals surface area contributed by atoms with Gasteiger partial charge < -0.3 is 15.4 Å². The number of thioether (sulfide) groups is 1. The molecule has 0 aromatic heterocycles. The number of rotatable bonds is 6. The summed E-state index contributed by atoms with van der Waals surface area (Å²) in [5.41, 5.74) is 0.311. The van der Waals surface area contributed by atoms with Crippen LogP contribution in [0, 0.1) is 0 Å². The molecule has 0 heterocycles. The number of fused-ring (bicyclic) bond motifs is 1. The quantitative estimate of drug-likeness (QED) is 0.763. The minimum Gasteiger partial charge on any atom is -0.444 e. The molecule has 2 aromatic carbocycles. The molecule has 134 valence electrons. The zero-order valence-electron chi connectivity index (χ0n) is 14.8. The van der Waals surface area contributed by atoms with Crippen molar-refractivity contribution in [3.63, 3.8) is 0 Å². The van der Waals surface area contributed by atoms with Gasteiger partial charge in [0.2, 0.25) is 5.91 Å². The Kier molecular flexibility index (Phi) is 6.70. The van der Waals surface area contributed by atoms with Crippen LogP contribution in [0.5, 0.6) is 0 Å². The van der Waals surface area contributed by atoms with Crippen LogP contribution in [0.3, 0.4) is 0 Å². The summed E-state index contributed by atoms with van der Waals surface area (Å²) in [6.45, 7) is 5.91. The van der Waals surface area contributed by atoms with E-state index in [1.54, 1.807) is 0 Å².